The molecule has 1 fully saturated rings. The summed E-state index contributed by atoms with van der Waals surface area (Å²) in [6, 6.07) is 13.3. The fourth-order valence-corrected chi connectivity index (χ4v) is 3.14. The molecule has 0 saturated heterocycles. The summed E-state index contributed by atoms with van der Waals surface area (Å²) in [5, 5.41) is 6.43. The predicted molar refractivity (Wildman–Crippen MR) is 100 cm³/mol. The first kappa shape index (κ1) is 16.3. The number of fused-ring (bicyclic) bond motifs is 1. The maximum atomic E-state index is 13.9. The Balaban J connectivity index is 2.04. The van der Waals surface area contributed by atoms with Crippen molar-refractivity contribution in [2.75, 3.05) is 17.7 Å². The number of pyridine rings is 1. The van der Waals surface area contributed by atoms with Gasteiger partial charge in [0.1, 0.15) is 11.5 Å². The fraction of sp³-hybridized carbons (Fsp3) is 0.200. The number of nitrogens with zero attached hydrogens (tertiary/aromatic N) is 1. The minimum Gasteiger partial charge on any atom is -0.386 e. The number of carbonyl (C=O) groups excluding carboxylic acids is 1. The quantitative estimate of drug-likeness (QED) is 0.756. The van der Waals surface area contributed by atoms with Crippen LogP contribution in [0.4, 0.5) is 15.8 Å². The van der Waals surface area contributed by atoms with Crippen molar-refractivity contribution in [2.24, 2.45) is 5.92 Å². The fourth-order valence-electron chi connectivity index (χ4n) is 3.14. The SMILES string of the molecule is CNc1c(NC(=O)C2CC2)c(=O)n(-c2ccccc2)c2cc(F)ccc12. The summed E-state index contributed by atoms with van der Waals surface area (Å²) in [6.07, 6.45) is 1.68. The second-order valence-electron chi connectivity index (χ2n) is 6.40. The van der Waals surface area contributed by atoms with Crippen molar-refractivity contribution in [1.29, 1.82) is 0 Å². The Hall–Kier alpha value is -3.15. The first-order valence-electron chi connectivity index (χ1n) is 8.52. The zero-order valence-corrected chi connectivity index (χ0v) is 14.3. The van der Waals surface area contributed by atoms with Crippen LogP contribution < -0.4 is 16.2 Å². The summed E-state index contributed by atoms with van der Waals surface area (Å²) in [5.74, 6) is -0.619. The van der Waals surface area contributed by atoms with Crippen LogP contribution in [-0.4, -0.2) is 17.5 Å². The van der Waals surface area contributed by atoms with Crippen LogP contribution in [0, 0.1) is 11.7 Å². The highest BCUT2D eigenvalue weighted by atomic mass is 19.1. The first-order chi connectivity index (χ1) is 12.6. The molecule has 3 aromatic rings. The number of amides is 1. The highest BCUT2D eigenvalue weighted by molar-refractivity contribution is 6.04. The largest absolute Gasteiger partial charge is 0.386 e. The van der Waals surface area contributed by atoms with Gasteiger partial charge in [0.15, 0.2) is 0 Å². The van der Waals surface area contributed by atoms with Gasteiger partial charge in [-0.05, 0) is 43.2 Å². The third-order valence-electron chi connectivity index (χ3n) is 4.60. The molecule has 0 radical (unpaired) electrons. The molecule has 1 aromatic heterocycles. The van der Waals surface area contributed by atoms with Gasteiger partial charge in [0.05, 0.1) is 11.2 Å². The van der Waals surface area contributed by atoms with Crippen molar-refractivity contribution in [1.82, 2.24) is 4.57 Å². The molecular formula is C20H18FN3O2. The van der Waals surface area contributed by atoms with Gasteiger partial charge < -0.3 is 10.6 Å². The smallest absolute Gasteiger partial charge is 0.281 e. The van der Waals surface area contributed by atoms with Crippen LogP contribution in [0.1, 0.15) is 12.8 Å². The molecule has 1 aliphatic rings. The van der Waals surface area contributed by atoms with E-state index in [1.165, 1.54) is 16.7 Å². The molecule has 4 rings (SSSR count). The molecule has 0 unspecified atom stereocenters. The van der Waals surface area contributed by atoms with Gasteiger partial charge in [-0.3, -0.25) is 14.2 Å². The standard InChI is InChI=1S/C20H18FN3O2/c1-22-17-15-10-9-13(21)11-16(15)24(14-5-3-2-4-6-14)20(26)18(17)23-19(25)12-7-8-12/h2-6,9-12,22H,7-8H2,1H3,(H,23,25). The number of carbonyl (C=O) groups is 1. The molecule has 0 atom stereocenters. The molecule has 0 spiro atoms. The van der Waals surface area contributed by atoms with Gasteiger partial charge in [0.2, 0.25) is 5.91 Å². The summed E-state index contributed by atoms with van der Waals surface area (Å²) in [5.41, 5.74) is 1.33. The lowest BCUT2D eigenvalue weighted by Gasteiger charge is -2.18. The lowest BCUT2D eigenvalue weighted by atomic mass is 10.1. The zero-order valence-electron chi connectivity index (χ0n) is 14.3. The number of hydrogen-bond donors (Lipinski definition) is 2. The van der Waals surface area contributed by atoms with E-state index in [-0.39, 0.29) is 17.5 Å². The summed E-state index contributed by atoms with van der Waals surface area (Å²) < 4.78 is 15.4. The van der Waals surface area contributed by atoms with Crippen molar-refractivity contribution in [3.63, 3.8) is 0 Å². The molecule has 0 bridgehead atoms. The molecule has 2 N–H and O–H groups in total. The van der Waals surface area contributed by atoms with Crippen LogP contribution in [0.5, 0.6) is 0 Å². The number of para-hydroxylation sites is 1. The zero-order chi connectivity index (χ0) is 18.3. The van der Waals surface area contributed by atoms with E-state index in [9.17, 15) is 14.0 Å². The van der Waals surface area contributed by atoms with Gasteiger partial charge in [-0.1, -0.05) is 18.2 Å². The van der Waals surface area contributed by atoms with E-state index in [2.05, 4.69) is 10.6 Å². The van der Waals surface area contributed by atoms with Crippen LogP contribution in [0.25, 0.3) is 16.6 Å². The van der Waals surface area contributed by atoms with Crippen molar-refractivity contribution in [3.8, 4) is 5.69 Å². The Morgan fingerprint density at radius 3 is 2.50 bits per heavy atom. The van der Waals surface area contributed by atoms with E-state index in [4.69, 9.17) is 0 Å². The van der Waals surface area contributed by atoms with Gasteiger partial charge in [0, 0.05) is 24.0 Å². The molecule has 1 amide bonds. The normalized spacial score (nSPS) is 13.6. The summed E-state index contributed by atoms with van der Waals surface area (Å²) in [6.45, 7) is 0. The number of nitrogens with one attached hydrogen (secondary N) is 2. The molecule has 1 saturated carbocycles. The molecule has 0 aliphatic heterocycles. The molecule has 26 heavy (non-hydrogen) atoms. The van der Waals surface area contributed by atoms with E-state index in [1.807, 2.05) is 6.07 Å². The molecule has 2 aromatic carbocycles. The molecule has 1 heterocycles. The number of rotatable bonds is 4. The minimum absolute atomic E-state index is 0.0341. The van der Waals surface area contributed by atoms with E-state index in [1.54, 1.807) is 37.4 Å². The molecule has 5 nitrogen and oxygen atoms in total. The van der Waals surface area contributed by atoms with Crippen molar-refractivity contribution >= 4 is 28.2 Å². The molecular weight excluding hydrogens is 333 g/mol. The topological polar surface area (TPSA) is 63.1 Å². The van der Waals surface area contributed by atoms with Crippen LogP contribution in [0.3, 0.4) is 0 Å². The number of halogens is 1. The summed E-state index contributed by atoms with van der Waals surface area (Å²) >= 11 is 0. The maximum Gasteiger partial charge on any atom is 0.281 e. The number of hydrogen-bond acceptors (Lipinski definition) is 3. The second kappa shape index (κ2) is 6.29. The second-order valence-corrected chi connectivity index (χ2v) is 6.40. The minimum atomic E-state index is -0.432. The lowest BCUT2D eigenvalue weighted by Crippen LogP contribution is -2.27. The Labute approximate surface area is 149 Å². The van der Waals surface area contributed by atoms with E-state index >= 15 is 0 Å². The van der Waals surface area contributed by atoms with Crippen molar-refractivity contribution < 1.29 is 9.18 Å². The monoisotopic (exact) mass is 351 g/mol. The van der Waals surface area contributed by atoms with E-state index < -0.39 is 11.4 Å². The van der Waals surface area contributed by atoms with Crippen LogP contribution in [0.15, 0.2) is 53.3 Å². The average molecular weight is 351 g/mol. The Kier molecular flexibility index (Phi) is 3.95. The highest BCUT2D eigenvalue weighted by Crippen LogP contribution is 2.33. The van der Waals surface area contributed by atoms with Crippen molar-refractivity contribution in [3.05, 3.63) is 64.7 Å². The number of aromatic nitrogens is 1. The van der Waals surface area contributed by atoms with Crippen LogP contribution in [0.2, 0.25) is 0 Å². The van der Waals surface area contributed by atoms with Crippen LogP contribution >= 0.6 is 0 Å². The predicted octanol–water partition coefficient (Wildman–Crippen LogP) is 3.52. The van der Waals surface area contributed by atoms with Gasteiger partial charge in [-0.15, -0.1) is 0 Å². The Morgan fingerprint density at radius 1 is 1.12 bits per heavy atom. The average Bonchev–Trinajstić information content (AvgIpc) is 3.48. The molecule has 6 heteroatoms. The van der Waals surface area contributed by atoms with Gasteiger partial charge in [-0.2, -0.15) is 0 Å². The molecule has 1 aliphatic carbocycles. The van der Waals surface area contributed by atoms with Crippen molar-refractivity contribution in [2.45, 2.75) is 12.8 Å². The highest BCUT2D eigenvalue weighted by Gasteiger charge is 2.31. The van der Waals surface area contributed by atoms with Gasteiger partial charge >= 0.3 is 0 Å². The first-order valence-corrected chi connectivity index (χ1v) is 8.52. The number of benzene rings is 2. The van der Waals surface area contributed by atoms with Gasteiger partial charge in [-0.25, -0.2) is 4.39 Å². The molecule has 132 valence electrons. The van der Waals surface area contributed by atoms with Gasteiger partial charge in [0.25, 0.3) is 5.56 Å². The third kappa shape index (κ3) is 2.73. The van der Waals surface area contributed by atoms with E-state index in [0.717, 1.165) is 12.8 Å². The summed E-state index contributed by atoms with van der Waals surface area (Å²) in [7, 11) is 1.68. The Bertz CT molecular complexity index is 1060. The maximum absolute atomic E-state index is 13.9. The third-order valence-corrected chi connectivity index (χ3v) is 4.60. The number of anilines is 2. The summed E-state index contributed by atoms with van der Waals surface area (Å²) in [4.78, 5) is 25.5. The Morgan fingerprint density at radius 2 is 1.85 bits per heavy atom. The van der Waals surface area contributed by atoms with E-state index in [0.29, 0.717) is 22.3 Å². The lowest BCUT2D eigenvalue weighted by molar-refractivity contribution is -0.117. The van der Waals surface area contributed by atoms with Crippen LogP contribution in [-0.2, 0) is 4.79 Å².